The normalized spacial score (nSPS) is 24.7. The largest absolute Gasteiger partial charge is 0.307 e. The van der Waals surface area contributed by atoms with Crippen LogP contribution in [0.4, 0.5) is 0 Å². The molecule has 0 bridgehead atoms. The van der Waals surface area contributed by atoms with Gasteiger partial charge in [-0.2, -0.15) is 0 Å². The average molecular weight is 242 g/mol. The molecular weight excluding hydrogens is 220 g/mol. The van der Waals surface area contributed by atoms with Crippen LogP contribution in [-0.4, -0.2) is 30.6 Å². The molecular formula is C16H22N2. The molecule has 1 aromatic rings. The first-order valence-corrected chi connectivity index (χ1v) is 6.81. The molecule has 1 heterocycles. The molecule has 1 aromatic carbocycles. The molecule has 2 rings (SSSR count). The van der Waals surface area contributed by atoms with Gasteiger partial charge in [-0.25, -0.2) is 0 Å². The Morgan fingerprint density at radius 2 is 2.17 bits per heavy atom. The molecule has 2 heteroatoms. The lowest BCUT2D eigenvalue weighted by atomic mass is 10.0. The van der Waals surface area contributed by atoms with E-state index in [1.165, 1.54) is 12.0 Å². The number of benzene rings is 1. The first kappa shape index (κ1) is 13.1. The van der Waals surface area contributed by atoms with E-state index in [1.807, 2.05) is 0 Å². The van der Waals surface area contributed by atoms with Crippen molar-refractivity contribution >= 4 is 0 Å². The van der Waals surface area contributed by atoms with Crippen LogP contribution in [0.25, 0.3) is 0 Å². The fraction of sp³-hybridized carbons (Fsp3) is 0.500. The first-order chi connectivity index (χ1) is 8.85. The molecule has 0 spiro atoms. The highest BCUT2D eigenvalue weighted by atomic mass is 15.2. The van der Waals surface area contributed by atoms with E-state index >= 15 is 0 Å². The van der Waals surface area contributed by atoms with Gasteiger partial charge in [-0.3, -0.25) is 4.90 Å². The van der Waals surface area contributed by atoms with Gasteiger partial charge in [-0.1, -0.05) is 37.3 Å². The molecule has 2 atom stereocenters. The minimum Gasteiger partial charge on any atom is -0.307 e. The Morgan fingerprint density at radius 3 is 2.83 bits per heavy atom. The lowest BCUT2D eigenvalue weighted by molar-refractivity contribution is 0.130. The third-order valence-corrected chi connectivity index (χ3v) is 3.75. The zero-order chi connectivity index (χ0) is 12.8. The van der Waals surface area contributed by atoms with Crippen molar-refractivity contribution in [2.75, 3.05) is 19.6 Å². The minimum absolute atomic E-state index is 0.437. The number of nitrogens with zero attached hydrogens (tertiary/aromatic N) is 1. The second-order valence-electron chi connectivity index (χ2n) is 4.88. The molecule has 2 nitrogen and oxygen atoms in total. The summed E-state index contributed by atoms with van der Waals surface area (Å²) in [5, 5.41) is 3.65. The van der Waals surface area contributed by atoms with Crippen molar-refractivity contribution in [3.05, 3.63) is 35.9 Å². The standard InChI is InChI=1S/C16H22N2/c1-3-5-11-18-13-16(17-12-15(18)4-2)14-9-7-6-8-10-14/h1,6-10,15-17H,4-5,11-13H2,2H3. The second kappa shape index (κ2) is 6.58. The van der Waals surface area contributed by atoms with Gasteiger partial charge < -0.3 is 5.32 Å². The Kier molecular flexibility index (Phi) is 4.81. The lowest BCUT2D eigenvalue weighted by Crippen LogP contribution is -2.52. The summed E-state index contributed by atoms with van der Waals surface area (Å²) in [6.07, 6.45) is 7.41. The molecule has 1 aliphatic rings. The molecule has 1 saturated heterocycles. The summed E-state index contributed by atoms with van der Waals surface area (Å²) in [7, 11) is 0. The van der Waals surface area contributed by atoms with Crippen molar-refractivity contribution in [1.82, 2.24) is 10.2 Å². The van der Waals surface area contributed by atoms with E-state index in [4.69, 9.17) is 6.42 Å². The fourth-order valence-electron chi connectivity index (χ4n) is 2.65. The van der Waals surface area contributed by atoms with E-state index in [2.05, 4.69) is 53.4 Å². The molecule has 0 radical (unpaired) electrons. The second-order valence-corrected chi connectivity index (χ2v) is 4.88. The fourth-order valence-corrected chi connectivity index (χ4v) is 2.65. The van der Waals surface area contributed by atoms with E-state index in [9.17, 15) is 0 Å². The molecule has 0 amide bonds. The lowest BCUT2D eigenvalue weighted by Gasteiger charge is -2.40. The van der Waals surface area contributed by atoms with Crippen molar-refractivity contribution in [1.29, 1.82) is 0 Å². The van der Waals surface area contributed by atoms with Crippen LogP contribution in [0.1, 0.15) is 31.4 Å². The van der Waals surface area contributed by atoms with Gasteiger partial charge in [-0.05, 0) is 12.0 Å². The third-order valence-electron chi connectivity index (χ3n) is 3.75. The smallest absolute Gasteiger partial charge is 0.0449 e. The molecule has 1 fully saturated rings. The third kappa shape index (κ3) is 3.13. The van der Waals surface area contributed by atoms with Crippen LogP contribution in [0.3, 0.4) is 0 Å². The molecule has 18 heavy (non-hydrogen) atoms. The topological polar surface area (TPSA) is 15.3 Å². The Bertz CT molecular complexity index is 393. The van der Waals surface area contributed by atoms with Gasteiger partial charge in [0.1, 0.15) is 0 Å². The van der Waals surface area contributed by atoms with Crippen LogP contribution in [0, 0.1) is 12.3 Å². The van der Waals surface area contributed by atoms with Gasteiger partial charge in [0, 0.05) is 38.1 Å². The monoisotopic (exact) mass is 242 g/mol. The summed E-state index contributed by atoms with van der Waals surface area (Å²) in [6.45, 7) is 5.38. The summed E-state index contributed by atoms with van der Waals surface area (Å²) < 4.78 is 0. The first-order valence-electron chi connectivity index (χ1n) is 6.81. The SMILES string of the molecule is C#CCCN1CC(c2ccccc2)NCC1CC. The predicted octanol–water partition coefficient (Wildman–Crippen LogP) is 2.43. The van der Waals surface area contributed by atoms with E-state index in [0.717, 1.165) is 26.1 Å². The number of terminal acetylenes is 1. The quantitative estimate of drug-likeness (QED) is 0.816. The number of hydrogen-bond donors (Lipinski definition) is 1. The van der Waals surface area contributed by atoms with Crippen LogP contribution >= 0.6 is 0 Å². The molecule has 1 N–H and O–H groups in total. The summed E-state index contributed by atoms with van der Waals surface area (Å²) in [4.78, 5) is 2.54. The van der Waals surface area contributed by atoms with Crippen LogP contribution < -0.4 is 5.32 Å². The van der Waals surface area contributed by atoms with Crippen LogP contribution in [-0.2, 0) is 0 Å². The average Bonchev–Trinajstić information content (AvgIpc) is 2.45. The predicted molar refractivity (Wildman–Crippen MR) is 76.3 cm³/mol. The minimum atomic E-state index is 0.437. The summed E-state index contributed by atoms with van der Waals surface area (Å²) >= 11 is 0. The van der Waals surface area contributed by atoms with Crippen molar-refractivity contribution in [3.8, 4) is 12.3 Å². The van der Waals surface area contributed by atoms with E-state index in [-0.39, 0.29) is 0 Å². The van der Waals surface area contributed by atoms with Gasteiger partial charge in [0.25, 0.3) is 0 Å². The van der Waals surface area contributed by atoms with Gasteiger partial charge in [0.15, 0.2) is 0 Å². The highest BCUT2D eigenvalue weighted by Crippen LogP contribution is 2.21. The van der Waals surface area contributed by atoms with Crippen LogP contribution in [0.5, 0.6) is 0 Å². The van der Waals surface area contributed by atoms with Crippen molar-refractivity contribution in [2.24, 2.45) is 0 Å². The molecule has 0 saturated carbocycles. The van der Waals surface area contributed by atoms with Crippen molar-refractivity contribution in [3.63, 3.8) is 0 Å². The van der Waals surface area contributed by atoms with Crippen LogP contribution in [0.15, 0.2) is 30.3 Å². The molecule has 0 aromatic heterocycles. The maximum atomic E-state index is 5.39. The van der Waals surface area contributed by atoms with E-state index < -0.39 is 0 Å². The number of hydrogen-bond acceptors (Lipinski definition) is 2. The van der Waals surface area contributed by atoms with Crippen molar-refractivity contribution in [2.45, 2.75) is 31.8 Å². The summed E-state index contributed by atoms with van der Waals surface area (Å²) in [6, 6.07) is 11.7. The number of nitrogens with one attached hydrogen (secondary N) is 1. The summed E-state index contributed by atoms with van der Waals surface area (Å²) in [5.41, 5.74) is 1.37. The molecule has 1 aliphatic heterocycles. The highest BCUT2D eigenvalue weighted by molar-refractivity contribution is 5.20. The Morgan fingerprint density at radius 1 is 1.39 bits per heavy atom. The Hall–Kier alpha value is -1.30. The van der Waals surface area contributed by atoms with Gasteiger partial charge >= 0.3 is 0 Å². The van der Waals surface area contributed by atoms with E-state index in [0.29, 0.717) is 12.1 Å². The number of rotatable bonds is 4. The maximum absolute atomic E-state index is 5.39. The Labute approximate surface area is 110 Å². The van der Waals surface area contributed by atoms with E-state index in [1.54, 1.807) is 0 Å². The van der Waals surface area contributed by atoms with Crippen LogP contribution in [0.2, 0.25) is 0 Å². The van der Waals surface area contributed by atoms with Gasteiger partial charge in [0.2, 0.25) is 0 Å². The van der Waals surface area contributed by atoms with Gasteiger partial charge in [-0.15, -0.1) is 12.3 Å². The molecule has 2 unspecified atom stereocenters. The molecule has 0 aliphatic carbocycles. The summed E-state index contributed by atoms with van der Waals surface area (Å²) in [5.74, 6) is 2.75. The maximum Gasteiger partial charge on any atom is 0.0449 e. The zero-order valence-corrected chi connectivity index (χ0v) is 11.1. The number of piperazine rings is 1. The zero-order valence-electron chi connectivity index (χ0n) is 11.1. The van der Waals surface area contributed by atoms with Gasteiger partial charge in [0.05, 0.1) is 0 Å². The Balaban J connectivity index is 2.02. The highest BCUT2D eigenvalue weighted by Gasteiger charge is 2.26. The van der Waals surface area contributed by atoms with Crippen molar-refractivity contribution < 1.29 is 0 Å². The molecule has 96 valence electrons.